The summed E-state index contributed by atoms with van der Waals surface area (Å²) in [5.74, 6) is 0.984. The van der Waals surface area contributed by atoms with E-state index in [0.29, 0.717) is 11.8 Å². The van der Waals surface area contributed by atoms with Crippen LogP contribution in [0.3, 0.4) is 0 Å². The average Bonchev–Trinajstić information content (AvgIpc) is 3.23. The third-order valence-electron chi connectivity index (χ3n) is 4.53. The Labute approximate surface area is 234 Å². The quantitative estimate of drug-likeness (QED) is 0.385. The summed E-state index contributed by atoms with van der Waals surface area (Å²) in [5.41, 5.74) is 8.19. The van der Waals surface area contributed by atoms with Crippen molar-refractivity contribution in [1.29, 1.82) is 0 Å². The van der Waals surface area contributed by atoms with Gasteiger partial charge in [0.15, 0.2) is 0 Å². The fraction of sp³-hybridized carbons (Fsp3) is 0.321. The van der Waals surface area contributed by atoms with Gasteiger partial charge in [-0.05, 0) is 0 Å². The van der Waals surface area contributed by atoms with Gasteiger partial charge in [0.2, 0.25) is 0 Å². The van der Waals surface area contributed by atoms with Crippen LogP contribution in [0.25, 0.3) is 11.1 Å². The number of hydrogen-bond donors (Lipinski definition) is 0. The second-order valence-corrected chi connectivity index (χ2v) is 6.16. The van der Waals surface area contributed by atoms with Gasteiger partial charge in [0.1, 0.15) is 0 Å². The van der Waals surface area contributed by atoms with E-state index in [9.17, 15) is 0 Å². The summed E-state index contributed by atoms with van der Waals surface area (Å²) in [6.45, 7) is 8.63. The zero-order valence-corrected chi connectivity index (χ0v) is 25.1. The summed E-state index contributed by atoms with van der Waals surface area (Å²) in [4.78, 5) is 0. The van der Waals surface area contributed by atoms with Gasteiger partial charge in [0.25, 0.3) is 0 Å². The molecule has 0 saturated carbocycles. The van der Waals surface area contributed by atoms with Crippen LogP contribution in [0.4, 0.5) is 0 Å². The van der Waals surface area contributed by atoms with E-state index in [-0.39, 0.29) is 65.7 Å². The molecule has 0 aliphatic heterocycles. The van der Waals surface area contributed by atoms with Crippen LogP contribution < -0.4 is 15.3 Å². The van der Waals surface area contributed by atoms with Crippen LogP contribution in [0.15, 0.2) is 48.5 Å². The molecular formula is C28H40O3Ti2. The SMILES string of the molecule is CC1=[C-]C(C)c2ccccc21.CC1=[C-]C(C)c2ccccc21.C[O-].C[O-].C[O-].[CH3-].[CH3-].[CH3-].[Ti+4].[Ti+4]. The molecule has 0 bridgehead atoms. The van der Waals surface area contributed by atoms with Crippen LogP contribution in [0, 0.1) is 34.4 Å². The van der Waals surface area contributed by atoms with E-state index >= 15 is 0 Å². The fourth-order valence-electron chi connectivity index (χ4n) is 3.39. The minimum atomic E-state index is 0. The third-order valence-corrected chi connectivity index (χ3v) is 4.53. The van der Waals surface area contributed by atoms with Crippen molar-refractivity contribution in [2.24, 2.45) is 0 Å². The van der Waals surface area contributed by atoms with E-state index in [0.717, 1.165) is 21.3 Å². The molecule has 0 amide bonds. The first kappa shape index (κ1) is 45.7. The molecule has 2 atom stereocenters. The smallest absolute Gasteiger partial charge is 0.857 e. The summed E-state index contributed by atoms with van der Waals surface area (Å²) in [7, 11) is 2.25. The van der Waals surface area contributed by atoms with Crippen LogP contribution in [-0.4, -0.2) is 21.3 Å². The van der Waals surface area contributed by atoms with Crippen LogP contribution in [0.2, 0.25) is 0 Å². The van der Waals surface area contributed by atoms with Gasteiger partial charge in [0, 0.05) is 0 Å². The fourth-order valence-corrected chi connectivity index (χ4v) is 3.39. The molecule has 0 radical (unpaired) electrons. The minimum Gasteiger partial charge on any atom is -0.857 e. The van der Waals surface area contributed by atoms with E-state index in [4.69, 9.17) is 15.3 Å². The van der Waals surface area contributed by atoms with Crippen LogP contribution in [0.1, 0.15) is 61.8 Å². The number of benzene rings is 2. The van der Waals surface area contributed by atoms with Gasteiger partial charge < -0.3 is 37.6 Å². The predicted molar refractivity (Wildman–Crippen MR) is 131 cm³/mol. The van der Waals surface area contributed by atoms with Crippen molar-refractivity contribution in [2.75, 3.05) is 21.3 Å². The molecular weight excluding hydrogens is 480 g/mol. The van der Waals surface area contributed by atoms with Crippen LogP contribution in [0.5, 0.6) is 0 Å². The number of rotatable bonds is 0. The third kappa shape index (κ3) is 13.0. The monoisotopic (exact) mass is 520 g/mol. The van der Waals surface area contributed by atoms with Gasteiger partial charge in [-0.25, -0.2) is 11.1 Å². The van der Waals surface area contributed by atoms with Crippen molar-refractivity contribution in [2.45, 2.75) is 39.5 Å². The molecule has 0 aromatic heterocycles. The molecule has 4 rings (SSSR count). The van der Waals surface area contributed by atoms with E-state index in [1.54, 1.807) is 0 Å². The topological polar surface area (TPSA) is 69.2 Å². The molecule has 5 heteroatoms. The standard InChI is InChI=1S/2C11H11.3CH3O.3CH3.2Ti/c2*1-8-7-9(2)11-6-4-3-5-10(8)11;3*1-2;;;;;/h2*3-6,8H,1-2H3;3*1H3;3*1H3;;/q8*-1;2*+4. The first-order valence-corrected chi connectivity index (χ1v) is 9.19. The summed E-state index contributed by atoms with van der Waals surface area (Å²) in [6.07, 6.45) is 6.80. The summed E-state index contributed by atoms with van der Waals surface area (Å²) in [6, 6.07) is 17.1. The van der Waals surface area contributed by atoms with E-state index in [1.807, 2.05) is 0 Å². The van der Waals surface area contributed by atoms with Crippen molar-refractivity contribution in [3.63, 3.8) is 0 Å². The van der Waals surface area contributed by atoms with Gasteiger partial charge in [-0.1, -0.05) is 75.9 Å². The molecule has 2 aromatic carbocycles. The Balaban J connectivity index is -0.0000000802. The van der Waals surface area contributed by atoms with E-state index in [2.05, 4.69) is 88.4 Å². The molecule has 0 N–H and O–H groups in total. The summed E-state index contributed by atoms with van der Waals surface area (Å²) >= 11 is 0. The number of allylic oxidation sites excluding steroid dienone is 4. The molecule has 33 heavy (non-hydrogen) atoms. The maximum atomic E-state index is 8.25. The van der Waals surface area contributed by atoms with Crippen molar-refractivity contribution < 1.29 is 58.8 Å². The van der Waals surface area contributed by atoms with Gasteiger partial charge in [0.05, 0.1) is 0 Å². The Hall–Kier alpha value is -0.771. The maximum absolute atomic E-state index is 8.25. The molecule has 2 aromatic rings. The molecule has 0 spiro atoms. The second kappa shape index (κ2) is 25.8. The van der Waals surface area contributed by atoms with Crippen molar-refractivity contribution >= 4 is 11.1 Å². The van der Waals surface area contributed by atoms with E-state index < -0.39 is 0 Å². The Bertz CT molecular complexity index is 706. The van der Waals surface area contributed by atoms with Gasteiger partial charge >= 0.3 is 43.4 Å². The Morgan fingerprint density at radius 2 is 0.788 bits per heavy atom. The predicted octanol–water partition coefficient (Wildman–Crippen LogP) is 4.30. The molecule has 178 valence electrons. The molecule has 0 fully saturated rings. The number of hydrogen-bond acceptors (Lipinski definition) is 3. The van der Waals surface area contributed by atoms with Crippen molar-refractivity contribution in [3.05, 3.63) is 105 Å². The van der Waals surface area contributed by atoms with Crippen LogP contribution >= 0.6 is 0 Å². The van der Waals surface area contributed by atoms with Gasteiger partial charge in [-0.2, -0.15) is 32.5 Å². The normalized spacial score (nSPS) is 14.7. The zero-order chi connectivity index (χ0) is 21.7. The zero-order valence-electron chi connectivity index (χ0n) is 22.0. The molecule has 2 aliphatic carbocycles. The van der Waals surface area contributed by atoms with E-state index in [1.165, 1.54) is 33.4 Å². The molecule has 0 saturated heterocycles. The van der Waals surface area contributed by atoms with Crippen LogP contribution in [-0.2, 0) is 43.4 Å². The number of fused-ring (bicyclic) bond motifs is 2. The molecule has 2 aliphatic rings. The first-order valence-electron chi connectivity index (χ1n) is 9.19. The van der Waals surface area contributed by atoms with Gasteiger partial charge in [-0.3, -0.25) is 12.2 Å². The Morgan fingerprint density at radius 1 is 0.545 bits per heavy atom. The Kier molecular flexibility index (Phi) is 35.8. The van der Waals surface area contributed by atoms with Crippen molar-refractivity contribution in [3.8, 4) is 0 Å². The molecule has 3 nitrogen and oxygen atoms in total. The first-order chi connectivity index (χ1) is 13.6. The summed E-state index contributed by atoms with van der Waals surface area (Å²) in [5, 5.41) is 24.8. The Morgan fingerprint density at radius 3 is 1.03 bits per heavy atom. The maximum Gasteiger partial charge on any atom is 4.00 e. The second-order valence-electron chi connectivity index (χ2n) is 6.16. The van der Waals surface area contributed by atoms with Gasteiger partial charge in [-0.15, -0.1) is 23.3 Å². The average molecular weight is 520 g/mol. The minimum absolute atomic E-state index is 0. The largest absolute Gasteiger partial charge is 4.00 e. The van der Waals surface area contributed by atoms with Crippen molar-refractivity contribution in [1.82, 2.24) is 0 Å². The molecule has 0 heterocycles. The molecule has 2 unspecified atom stereocenters. The summed E-state index contributed by atoms with van der Waals surface area (Å²) < 4.78 is 0.